The number of nitrogens with zero attached hydrogens (tertiary/aromatic N) is 1. The van der Waals surface area contributed by atoms with E-state index in [-0.39, 0.29) is 10.8 Å². The van der Waals surface area contributed by atoms with E-state index in [0.717, 1.165) is 0 Å². The van der Waals surface area contributed by atoms with Crippen LogP contribution in [0.15, 0.2) is 66.1 Å². The molecule has 0 aliphatic rings. The van der Waals surface area contributed by atoms with Gasteiger partial charge in [0.05, 0.1) is 4.90 Å². The van der Waals surface area contributed by atoms with Gasteiger partial charge in [0.25, 0.3) is 5.91 Å². The van der Waals surface area contributed by atoms with Gasteiger partial charge in [-0.25, -0.2) is 13.6 Å². The monoisotopic (exact) mass is 359 g/mol. The van der Waals surface area contributed by atoms with Gasteiger partial charge in [0.2, 0.25) is 15.9 Å². The van der Waals surface area contributed by atoms with Crippen LogP contribution >= 0.6 is 0 Å². The molecule has 0 aliphatic carbocycles. The van der Waals surface area contributed by atoms with Crippen LogP contribution < -0.4 is 15.4 Å². The second kappa shape index (κ2) is 7.29. The van der Waals surface area contributed by atoms with Crippen LogP contribution in [0.25, 0.3) is 0 Å². The Morgan fingerprint density at radius 2 is 1.80 bits per heavy atom. The highest BCUT2D eigenvalue weighted by Crippen LogP contribution is 2.17. The maximum atomic E-state index is 12.3. The molecule has 0 fully saturated rings. The second-order valence-corrected chi connectivity index (χ2v) is 6.74. The van der Waals surface area contributed by atoms with Crippen LogP contribution in [0.2, 0.25) is 0 Å². The number of hydrogen-bond donors (Lipinski definition) is 2. The van der Waals surface area contributed by atoms with E-state index in [1.54, 1.807) is 37.4 Å². The van der Waals surface area contributed by atoms with Crippen molar-refractivity contribution >= 4 is 33.2 Å². The van der Waals surface area contributed by atoms with Crippen molar-refractivity contribution in [1.29, 1.82) is 0 Å². The predicted molar refractivity (Wildman–Crippen MR) is 95.8 cm³/mol. The number of nitrogens with one attached hydrogen (secondary N) is 1. The Morgan fingerprint density at radius 3 is 2.36 bits per heavy atom. The quantitative estimate of drug-likeness (QED) is 0.792. The molecule has 7 nitrogen and oxygen atoms in total. The van der Waals surface area contributed by atoms with Gasteiger partial charge in [-0.15, -0.1) is 0 Å². The Balaban J connectivity index is 2.16. The van der Waals surface area contributed by atoms with E-state index in [2.05, 4.69) is 11.9 Å². The molecule has 25 heavy (non-hydrogen) atoms. The van der Waals surface area contributed by atoms with E-state index in [1.807, 2.05) is 0 Å². The third-order valence-corrected chi connectivity index (χ3v) is 4.35. The molecule has 0 spiro atoms. The van der Waals surface area contributed by atoms with E-state index in [4.69, 9.17) is 5.14 Å². The first-order valence-electron chi connectivity index (χ1n) is 7.17. The van der Waals surface area contributed by atoms with Crippen LogP contribution in [0.3, 0.4) is 0 Å². The van der Waals surface area contributed by atoms with Crippen LogP contribution in [0.5, 0.6) is 0 Å². The zero-order valence-electron chi connectivity index (χ0n) is 13.5. The number of carbonyl (C=O) groups excluding carboxylic acids is 2. The number of amides is 2. The molecule has 2 aromatic carbocycles. The van der Waals surface area contributed by atoms with Crippen molar-refractivity contribution in [2.24, 2.45) is 5.14 Å². The number of likely N-dealkylation sites (N-methyl/N-ethyl adjacent to an activating group) is 1. The van der Waals surface area contributed by atoms with Crippen molar-refractivity contribution in [3.8, 4) is 0 Å². The highest BCUT2D eigenvalue weighted by Gasteiger charge is 2.12. The molecule has 0 unspecified atom stereocenters. The lowest BCUT2D eigenvalue weighted by atomic mass is 10.1. The fraction of sp³-hybridized carbons (Fsp3) is 0.0588. The fourth-order valence-corrected chi connectivity index (χ4v) is 2.61. The van der Waals surface area contributed by atoms with E-state index in [9.17, 15) is 18.0 Å². The molecular formula is C17H17N3O4S. The van der Waals surface area contributed by atoms with Gasteiger partial charge in [0.15, 0.2) is 0 Å². The Hall–Kier alpha value is -2.97. The van der Waals surface area contributed by atoms with Gasteiger partial charge in [-0.2, -0.15) is 0 Å². The number of sulfonamides is 1. The van der Waals surface area contributed by atoms with Gasteiger partial charge < -0.3 is 10.2 Å². The fourth-order valence-electron chi connectivity index (χ4n) is 2.05. The maximum Gasteiger partial charge on any atom is 0.255 e. The molecule has 0 saturated carbocycles. The predicted octanol–water partition coefficient (Wildman–Crippen LogP) is 1.74. The molecule has 2 aromatic rings. The molecule has 0 bridgehead atoms. The van der Waals surface area contributed by atoms with E-state index < -0.39 is 15.9 Å². The molecule has 8 heteroatoms. The SMILES string of the molecule is C=CC(=O)N(C)c1ccc(C(=O)Nc2cccc(S(N)(=O)=O)c2)cc1. The minimum atomic E-state index is -3.85. The highest BCUT2D eigenvalue weighted by atomic mass is 32.2. The first kappa shape index (κ1) is 18.4. The van der Waals surface area contributed by atoms with Crippen LogP contribution in [0.4, 0.5) is 11.4 Å². The number of carbonyl (C=O) groups is 2. The van der Waals surface area contributed by atoms with Gasteiger partial charge in [0.1, 0.15) is 0 Å². The van der Waals surface area contributed by atoms with Crippen molar-refractivity contribution < 1.29 is 18.0 Å². The Bertz CT molecular complexity index is 921. The average molecular weight is 359 g/mol. The van der Waals surface area contributed by atoms with Crippen LogP contribution in [-0.4, -0.2) is 27.3 Å². The summed E-state index contributed by atoms with van der Waals surface area (Å²) in [6, 6.07) is 12.0. The Morgan fingerprint density at radius 1 is 1.16 bits per heavy atom. The summed E-state index contributed by atoms with van der Waals surface area (Å²) in [6.45, 7) is 3.42. The van der Waals surface area contributed by atoms with Crippen molar-refractivity contribution in [2.75, 3.05) is 17.3 Å². The molecule has 0 atom stereocenters. The summed E-state index contributed by atoms with van der Waals surface area (Å²) < 4.78 is 22.7. The van der Waals surface area contributed by atoms with Gasteiger partial charge in [-0.1, -0.05) is 12.6 Å². The largest absolute Gasteiger partial charge is 0.322 e. The number of benzene rings is 2. The zero-order valence-corrected chi connectivity index (χ0v) is 14.3. The minimum Gasteiger partial charge on any atom is -0.322 e. The molecule has 0 saturated heterocycles. The Labute approximate surface area is 145 Å². The first-order chi connectivity index (χ1) is 11.7. The Kier molecular flexibility index (Phi) is 5.35. The number of rotatable bonds is 5. The number of primary sulfonamides is 1. The molecule has 2 amide bonds. The molecule has 3 N–H and O–H groups in total. The standard InChI is InChI=1S/C17H17N3O4S/c1-3-16(21)20(2)14-9-7-12(8-10-14)17(22)19-13-5-4-6-15(11-13)25(18,23)24/h3-11H,1H2,2H3,(H,19,22)(H2,18,23,24). The smallest absolute Gasteiger partial charge is 0.255 e. The first-order valence-corrected chi connectivity index (χ1v) is 8.71. The van der Waals surface area contributed by atoms with E-state index >= 15 is 0 Å². The van der Waals surface area contributed by atoms with Crippen molar-refractivity contribution in [1.82, 2.24) is 0 Å². The van der Waals surface area contributed by atoms with Crippen molar-refractivity contribution in [3.05, 3.63) is 66.7 Å². The molecule has 0 aromatic heterocycles. The molecule has 0 heterocycles. The lowest BCUT2D eigenvalue weighted by molar-refractivity contribution is -0.113. The summed E-state index contributed by atoms with van der Waals surface area (Å²) in [5.74, 6) is -0.687. The van der Waals surface area contributed by atoms with E-state index in [0.29, 0.717) is 16.9 Å². The molecule has 0 radical (unpaired) electrons. The summed E-state index contributed by atoms with van der Waals surface area (Å²) >= 11 is 0. The summed E-state index contributed by atoms with van der Waals surface area (Å²) in [6.07, 6.45) is 1.19. The van der Waals surface area contributed by atoms with Gasteiger partial charge >= 0.3 is 0 Å². The maximum absolute atomic E-state index is 12.3. The number of nitrogens with two attached hydrogens (primary N) is 1. The minimum absolute atomic E-state index is 0.0924. The third-order valence-electron chi connectivity index (χ3n) is 3.44. The highest BCUT2D eigenvalue weighted by molar-refractivity contribution is 7.89. The lowest BCUT2D eigenvalue weighted by Crippen LogP contribution is -2.23. The lowest BCUT2D eigenvalue weighted by Gasteiger charge is -2.15. The summed E-state index contributed by atoms with van der Waals surface area (Å²) in [5.41, 5.74) is 1.27. The number of hydrogen-bond acceptors (Lipinski definition) is 4. The van der Waals surface area contributed by atoms with E-state index in [1.165, 1.54) is 29.2 Å². The van der Waals surface area contributed by atoms with Gasteiger partial charge in [-0.3, -0.25) is 9.59 Å². The second-order valence-electron chi connectivity index (χ2n) is 5.18. The summed E-state index contributed by atoms with van der Waals surface area (Å²) in [7, 11) is -2.25. The molecular weight excluding hydrogens is 342 g/mol. The zero-order chi connectivity index (χ0) is 18.6. The molecule has 0 aliphatic heterocycles. The average Bonchev–Trinajstić information content (AvgIpc) is 2.60. The molecule has 2 rings (SSSR count). The third kappa shape index (κ3) is 4.52. The molecule has 130 valence electrons. The van der Waals surface area contributed by atoms with Gasteiger partial charge in [0, 0.05) is 24.0 Å². The van der Waals surface area contributed by atoms with Crippen LogP contribution in [0, 0.1) is 0 Å². The normalized spacial score (nSPS) is 10.8. The van der Waals surface area contributed by atoms with Crippen LogP contribution in [0.1, 0.15) is 10.4 Å². The van der Waals surface area contributed by atoms with Crippen molar-refractivity contribution in [3.63, 3.8) is 0 Å². The summed E-state index contributed by atoms with van der Waals surface area (Å²) in [5, 5.41) is 7.67. The topological polar surface area (TPSA) is 110 Å². The van der Waals surface area contributed by atoms with Crippen LogP contribution in [-0.2, 0) is 14.8 Å². The van der Waals surface area contributed by atoms with Crippen molar-refractivity contribution in [2.45, 2.75) is 4.90 Å². The summed E-state index contributed by atoms with van der Waals surface area (Å²) in [4.78, 5) is 25.1. The van der Waals surface area contributed by atoms with Gasteiger partial charge in [-0.05, 0) is 48.5 Å². The number of anilines is 2.